The summed E-state index contributed by atoms with van der Waals surface area (Å²) >= 11 is 5.51. The summed E-state index contributed by atoms with van der Waals surface area (Å²) in [7, 11) is 0. The lowest BCUT2D eigenvalue weighted by molar-refractivity contribution is 0.321. The Balaban J connectivity index is 0.000001000. The molecule has 0 atom stereocenters. The van der Waals surface area contributed by atoms with E-state index < -0.39 is 5.54 Å². The molecule has 0 aliphatic heterocycles. The predicted molar refractivity (Wildman–Crippen MR) is 46.0 cm³/mol. The topological polar surface area (TPSA) is 52.0 Å². The lowest BCUT2D eigenvalue weighted by atomic mass is 10.0. The highest BCUT2D eigenvalue weighted by Gasteiger charge is 2.19. The van der Waals surface area contributed by atoms with Gasteiger partial charge in [0, 0.05) is 6.07 Å². The Kier molecular flexibility index (Phi) is 3.35. The average molecular weight is 197 g/mol. The van der Waals surface area contributed by atoms with Crippen LogP contribution >= 0.6 is 24.0 Å². The van der Waals surface area contributed by atoms with Gasteiger partial charge in [-0.05, 0) is 13.8 Å². The first-order valence-corrected chi connectivity index (χ1v) is 3.29. The molecule has 0 saturated heterocycles. The molecule has 0 bridgehead atoms. The van der Waals surface area contributed by atoms with Crippen LogP contribution in [0.15, 0.2) is 10.6 Å². The van der Waals surface area contributed by atoms with Crippen LogP contribution in [0.4, 0.5) is 0 Å². The van der Waals surface area contributed by atoms with E-state index in [0.29, 0.717) is 10.9 Å². The Bertz CT molecular complexity index is 229. The van der Waals surface area contributed by atoms with Crippen LogP contribution in [-0.2, 0) is 5.54 Å². The fourth-order valence-corrected chi connectivity index (χ4v) is 0.691. The smallest absolute Gasteiger partial charge is 0.172 e. The van der Waals surface area contributed by atoms with Gasteiger partial charge in [0.1, 0.15) is 0 Å². The van der Waals surface area contributed by atoms with E-state index in [1.54, 1.807) is 6.07 Å². The van der Waals surface area contributed by atoms with Crippen molar-refractivity contribution in [2.75, 3.05) is 0 Å². The molecule has 0 saturated carbocycles. The molecule has 0 aliphatic rings. The van der Waals surface area contributed by atoms with Gasteiger partial charge in [-0.1, -0.05) is 16.8 Å². The van der Waals surface area contributed by atoms with Crippen molar-refractivity contribution in [3.63, 3.8) is 0 Å². The second kappa shape index (κ2) is 3.43. The maximum absolute atomic E-state index is 5.68. The van der Waals surface area contributed by atoms with Crippen molar-refractivity contribution in [1.29, 1.82) is 0 Å². The molecule has 0 aromatic carbocycles. The molecule has 5 heteroatoms. The molecule has 0 radical (unpaired) electrons. The van der Waals surface area contributed by atoms with Gasteiger partial charge in [0.25, 0.3) is 0 Å². The van der Waals surface area contributed by atoms with Gasteiger partial charge >= 0.3 is 0 Å². The first-order valence-electron chi connectivity index (χ1n) is 2.92. The molecule has 3 nitrogen and oxygen atoms in total. The molecule has 0 amide bonds. The van der Waals surface area contributed by atoms with Crippen molar-refractivity contribution < 1.29 is 4.52 Å². The molecule has 0 unspecified atom stereocenters. The SMILES string of the molecule is CC(C)(N)c1cc(Cl)no1.Cl. The van der Waals surface area contributed by atoms with E-state index in [2.05, 4.69) is 5.16 Å². The Labute approximate surface area is 76.3 Å². The largest absolute Gasteiger partial charge is 0.358 e. The summed E-state index contributed by atoms with van der Waals surface area (Å²) in [5.41, 5.74) is 5.18. The molecule has 1 aromatic rings. The van der Waals surface area contributed by atoms with Gasteiger partial charge in [0.2, 0.25) is 0 Å². The zero-order valence-electron chi connectivity index (χ0n) is 6.30. The van der Waals surface area contributed by atoms with Crippen molar-refractivity contribution in [3.8, 4) is 0 Å². The third kappa shape index (κ3) is 2.69. The third-order valence-electron chi connectivity index (χ3n) is 1.12. The van der Waals surface area contributed by atoms with Gasteiger partial charge in [-0.15, -0.1) is 12.4 Å². The summed E-state index contributed by atoms with van der Waals surface area (Å²) in [6.07, 6.45) is 0. The summed E-state index contributed by atoms with van der Waals surface area (Å²) in [5.74, 6) is 0.595. The van der Waals surface area contributed by atoms with Crippen LogP contribution in [0.1, 0.15) is 19.6 Å². The Morgan fingerprint density at radius 1 is 1.64 bits per heavy atom. The highest BCUT2D eigenvalue weighted by molar-refractivity contribution is 6.29. The van der Waals surface area contributed by atoms with Gasteiger partial charge in [0.05, 0.1) is 5.54 Å². The molecule has 1 aromatic heterocycles. The number of hydrogen-bond donors (Lipinski definition) is 1. The zero-order valence-corrected chi connectivity index (χ0v) is 7.87. The molecule has 0 spiro atoms. The van der Waals surface area contributed by atoms with Crippen molar-refractivity contribution in [1.82, 2.24) is 5.16 Å². The predicted octanol–water partition coefficient (Wildman–Crippen LogP) is 1.94. The van der Waals surface area contributed by atoms with Crippen molar-refractivity contribution in [3.05, 3.63) is 17.0 Å². The molecule has 1 heterocycles. The Morgan fingerprint density at radius 2 is 2.18 bits per heavy atom. The summed E-state index contributed by atoms with van der Waals surface area (Å²) < 4.78 is 4.82. The van der Waals surface area contributed by atoms with E-state index >= 15 is 0 Å². The van der Waals surface area contributed by atoms with Crippen LogP contribution in [-0.4, -0.2) is 5.16 Å². The normalized spacial score (nSPS) is 10.9. The minimum absolute atomic E-state index is 0. The second-order valence-electron chi connectivity index (χ2n) is 2.74. The van der Waals surface area contributed by atoms with Crippen LogP contribution in [0.2, 0.25) is 5.15 Å². The third-order valence-corrected chi connectivity index (χ3v) is 1.29. The molecule has 64 valence electrons. The lowest BCUT2D eigenvalue weighted by Crippen LogP contribution is -2.27. The van der Waals surface area contributed by atoms with Crippen LogP contribution in [0.5, 0.6) is 0 Å². The second-order valence-corrected chi connectivity index (χ2v) is 3.12. The molecule has 0 fully saturated rings. The van der Waals surface area contributed by atoms with Gasteiger partial charge < -0.3 is 10.3 Å². The maximum Gasteiger partial charge on any atom is 0.172 e. The van der Waals surface area contributed by atoms with Crippen LogP contribution in [0.3, 0.4) is 0 Å². The maximum atomic E-state index is 5.68. The standard InChI is InChI=1S/C6H9ClN2O.ClH/c1-6(2,8)4-3-5(7)9-10-4;/h3H,8H2,1-2H3;1H. The number of aromatic nitrogens is 1. The quantitative estimate of drug-likeness (QED) is 0.748. The van der Waals surface area contributed by atoms with E-state index in [9.17, 15) is 0 Å². The highest BCUT2D eigenvalue weighted by atomic mass is 35.5. The summed E-state index contributed by atoms with van der Waals surface area (Å²) in [4.78, 5) is 0. The lowest BCUT2D eigenvalue weighted by Gasteiger charge is -2.12. The van der Waals surface area contributed by atoms with Crippen molar-refractivity contribution >= 4 is 24.0 Å². The minimum atomic E-state index is -0.500. The number of rotatable bonds is 1. The van der Waals surface area contributed by atoms with Gasteiger partial charge in [-0.25, -0.2) is 0 Å². The molecule has 11 heavy (non-hydrogen) atoms. The highest BCUT2D eigenvalue weighted by Crippen LogP contribution is 2.19. The zero-order chi connectivity index (χ0) is 7.78. The Hall–Kier alpha value is -0.250. The molecule has 1 rings (SSSR count). The fraction of sp³-hybridized carbons (Fsp3) is 0.500. The van der Waals surface area contributed by atoms with Gasteiger partial charge in [0.15, 0.2) is 10.9 Å². The number of nitrogens with zero attached hydrogens (tertiary/aromatic N) is 1. The summed E-state index contributed by atoms with van der Waals surface area (Å²) in [6.45, 7) is 3.65. The average Bonchev–Trinajstić information content (AvgIpc) is 2.11. The monoisotopic (exact) mass is 196 g/mol. The first kappa shape index (κ1) is 10.8. The number of hydrogen-bond acceptors (Lipinski definition) is 3. The van der Waals surface area contributed by atoms with Crippen LogP contribution in [0, 0.1) is 0 Å². The van der Waals surface area contributed by atoms with Gasteiger partial charge in [-0.2, -0.15) is 0 Å². The fourth-order valence-electron chi connectivity index (χ4n) is 0.557. The van der Waals surface area contributed by atoms with E-state index in [1.807, 2.05) is 13.8 Å². The van der Waals surface area contributed by atoms with Crippen LogP contribution in [0.25, 0.3) is 0 Å². The molecule has 0 aliphatic carbocycles. The Morgan fingerprint density at radius 3 is 2.36 bits per heavy atom. The van der Waals surface area contributed by atoms with Crippen LogP contribution < -0.4 is 5.73 Å². The summed E-state index contributed by atoms with van der Waals surface area (Å²) in [6, 6.07) is 1.61. The van der Waals surface area contributed by atoms with E-state index in [4.69, 9.17) is 21.9 Å². The molecular weight excluding hydrogens is 187 g/mol. The van der Waals surface area contributed by atoms with E-state index in [0.717, 1.165) is 0 Å². The first-order chi connectivity index (χ1) is 4.50. The van der Waals surface area contributed by atoms with E-state index in [-0.39, 0.29) is 12.4 Å². The molecule has 2 N–H and O–H groups in total. The number of halogens is 2. The molecular formula is C6H10Cl2N2O. The summed E-state index contributed by atoms with van der Waals surface area (Å²) in [5, 5.41) is 3.83. The van der Waals surface area contributed by atoms with E-state index in [1.165, 1.54) is 0 Å². The van der Waals surface area contributed by atoms with Crippen molar-refractivity contribution in [2.24, 2.45) is 5.73 Å². The number of nitrogens with two attached hydrogens (primary N) is 1. The van der Waals surface area contributed by atoms with Crippen molar-refractivity contribution in [2.45, 2.75) is 19.4 Å². The minimum Gasteiger partial charge on any atom is -0.358 e. The van der Waals surface area contributed by atoms with Gasteiger partial charge in [-0.3, -0.25) is 0 Å².